The Kier molecular flexibility index (Phi) is 4.52. The van der Waals surface area contributed by atoms with Crippen LogP contribution in [0.5, 0.6) is 0 Å². The van der Waals surface area contributed by atoms with Gasteiger partial charge in [-0.15, -0.1) is 0 Å². The second-order valence-corrected chi connectivity index (χ2v) is 6.40. The third-order valence-electron chi connectivity index (χ3n) is 4.02. The molecule has 1 aliphatic rings. The second kappa shape index (κ2) is 6.58. The smallest absolute Gasteiger partial charge is 0.164 e. The van der Waals surface area contributed by atoms with Gasteiger partial charge in [0.25, 0.3) is 0 Å². The molecule has 1 aliphatic heterocycles. The molecule has 2 aromatic carbocycles. The first-order valence-electron chi connectivity index (χ1n) is 7.98. The molecule has 0 unspecified atom stereocenters. The third kappa shape index (κ3) is 4.01. The van der Waals surface area contributed by atoms with Crippen molar-refractivity contribution < 1.29 is 9.47 Å². The maximum absolute atomic E-state index is 6.09. The van der Waals surface area contributed by atoms with Gasteiger partial charge in [0.1, 0.15) is 6.10 Å². The molecule has 2 nitrogen and oxygen atoms in total. The fourth-order valence-corrected chi connectivity index (χ4v) is 2.69. The molecule has 2 aromatic rings. The summed E-state index contributed by atoms with van der Waals surface area (Å²) >= 11 is 0. The summed E-state index contributed by atoms with van der Waals surface area (Å²) in [6.07, 6.45) is -0.178. The van der Waals surface area contributed by atoms with Crippen molar-refractivity contribution >= 4 is 0 Å². The first-order valence-corrected chi connectivity index (χ1v) is 7.98. The molecule has 118 valence electrons. The lowest BCUT2D eigenvalue weighted by molar-refractivity contribution is -0.268. The van der Waals surface area contributed by atoms with E-state index in [1.165, 1.54) is 11.1 Å². The van der Waals surface area contributed by atoms with Crippen molar-refractivity contribution in [2.75, 3.05) is 6.61 Å². The maximum Gasteiger partial charge on any atom is 0.164 e. The number of aryl methyl sites for hydroxylation is 1. The Morgan fingerprint density at radius 1 is 1.00 bits per heavy atom. The summed E-state index contributed by atoms with van der Waals surface area (Å²) in [6.45, 7) is 6.57. The van der Waals surface area contributed by atoms with Gasteiger partial charge in [-0.2, -0.15) is 0 Å². The summed E-state index contributed by atoms with van der Waals surface area (Å²) < 4.78 is 11.9. The Morgan fingerprint density at radius 2 is 1.70 bits per heavy atom. The minimum Gasteiger partial charge on any atom is -0.350 e. The zero-order chi connectivity index (χ0) is 16.3. The van der Waals surface area contributed by atoms with Crippen LogP contribution in [0.1, 0.15) is 36.5 Å². The van der Waals surface area contributed by atoms with Crippen molar-refractivity contribution in [3.05, 3.63) is 71.3 Å². The van der Waals surface area contributed by atoms with E-state index in [0.717, 1.165) is 5.56 Å². The lowest BCUT2D eigenvalue weighted by Crippen LogP contribution is -2.43. The lowest BCUT2D eigenvalue weighted by atomic mass is 9.92. The van der Waals surface area contributed by atoms with Gasteiger partial charge in [0.05, 0.1) is 6.61 Å². The molecule has 2 atom stereocenters. The van der Waals surface area contributed by atoms with Crippen LogP contribution in [-0.2, 0) is 9.47 Å². The molecule has 1 saturated heterocycles. The largest absolute Gasteiger partial charge is 0.350 e. The molecular formula is C21H22O2. The zero-order valence-electron chi connectivity index (χ0n) is 13.9. The first-order chi connectivity index (χ1) is 11.0. The van der Waals surface area contributed by atoms with Crippen molar-refractivity contribution in [1.82, 2.24) is 0 Å². The van der Waals surface area contributed by atoms with Crippen LogP contribution >= 0.6 is 0 Å². The lowest BCUT2D eigenvalue weighted by Gasteiger charge is -2.39. The van der Waals surface area contributed by atoms with E-state index in [-0.39, 0.29) is 12.0 Å². The second-order valence-electron chi connectivity index (χ2n) is 6.40. The molecule has 0 bridgehead atoms. The topological polar surface area (TPSA) is 18.5 Å². The SMILES string of the molecule is Cc1ccc(C#C[C@H]2OC(C)(C)OC[C@H]2c2ccccc2)cc1. The highest BCUT2D eigenvalue weighted by Gasteiger charge is 2.36. The summed E-state index contributed by atoms with van der Waals surface area (Å²) in [6, 6.07) is 18.6. The Morgan fingerprint density at radius 3 is 2.39 bits per heavy atom. The third-order valence-corrected chi connectivity index (χ3v) is 4.02. The number of benzene rings is 2. The molecule has 0 amide bonds. The van der Waals surface area contributed by atoms with Gasteiger partial charge < -0.3 is 9.47 Å². The molecule has 0 aromatic heterocycles. The molecule has 23 heavy (non-hydrogen) atoms. The molecule has 1 heterocycles. The van der Waals surface area contributed by atoms with E-state index in [4.69, 9.17) is 9.47 Å². The van der Waals surface area contributed by atoms with Gasteiger partial charge in [-0.05, 0) is 38.5 Å². The van der Waals surface area contributed by atoms with Crippen LogP contribution in [-0.4, -0.2) is 18.5 Å². The molecular weight excluding hydrogens is 284 g/mol. The van der Waals surface area contributed by atoms with Crippen LogP contribution in [0.25, 0.3) is 0 Å². The van der Waals surface area contributed by atoms with Crippen molar-refractivity contribution in [2.24, 2.45) is 0 Å². The van der Waals surface area contributed by atoms with E-state index < -0.39 is 5.79 Å². The minimum absolute atomic E-state index is 0.127. The number of ether oxygens (including phenoxy) is 2. The predicted molar refractivity (Wildman–Crippen MR) is 92.1 cm³/mol. The van der Waals surface area contributed by atoms with Crippen LogP contribution < -0.4 is 0 Å². The van der Waals surface area contributed by atoms with Gasteiger partial charge in [0.2, 0.25) is 0 Å². The van der Waals surface area contributed by atoms with Crippen LogP contribution in [0.15, 0.2) is 54.6 Å². The number of hydrogen-bond acceptors (Lipinski definition) is 2. The van der Waals surface area contributed by atoms with Crippen LogP contribution in [0.2, 0.25) is 0 Å². The van der Waals surface area contributed by atoms with Crippen molar-refractivity contribution in [1.29, 1.82) is 0 Å². The van der Waals surface area contributed by atoms with Crippen molar-refractivity contribution in [3.63, 3.8) is 0 Å². The van der Waals surface area contributed by atoms with Crippen LogP contribution in [0, 0.1) is 18.8 Å². The summed E-state index contributed by atoms with van der Waals surface area (Å²) in [5, 5.41) is 0. The van der Waals surface area contributed by atoms with E-state index in [1.807, 2.05) is 44.2 Å². The zero-order valence-corrected chi connectivity index (χ0v) is 13.9. The number of rotatable bonds is 1. The maximum atomic E-state index is 6.09. The van der Waals surface area contributed by atoms with Gasteiger partial charge in [-0.3, -0.25) is 0 Å². The first kappa shape index (κ1) is 15.8. The quantitative estimate of drug-likeness (QED) is 0.732. The fraction of sp³-hybridized carbons (Fsp3) is 0.333. The molecule has 0 N–H and O–H groups in total. The summed E-state index contributed by atoms with van der Waals surface area (Å²) in [5.41, 5.74) is 3.45. The summed E-state index contributed by atoms with van der Waals surface area (Å²) in [7, 11) is 0. The van der Waals surface area contributed by atoms with E-state index in [1.54, 1.807) is 0 Å². The Hall–Kier alpha value is -2.08. The van der Waals surface area contributed by atoms with E-state index in [9.17, 15) is 0 Å². The highest BCUT2D eigenvalue weighted by molar-refractivity contribution is 5.38. The average molecular weight is 306 g/mol. The van der Waals surface area contributed by atoms with Crippen LogP contribution in [0.3, 0.4) is 0 Å². The van der Waals surface area contributed by atoms with E-state index >= 15 is 0 Å². The molecule has 0 spiro atoms. The van der Waals surface area contributed by atoms with Gasteiger partial charge >= 0.3 is 0 Å². The van der Waals surface area contributed by atoms with Crippen LogP contribution in [0.4, 0.5) is 0 Å². The van der Waals surface area contributed by atoms with Gasteiger partial charge in [-0.25, -0.2) is 0 Å². The molecule has 0 radical (unpaired) electrons. The standard InChI is InChI=1S/C21H22O2/c1-16-9-11-17(12-10-16)13-14-20-19(15-22-21(2,3)23-20)18-7-5-4-6-8-18/h4-12,19-20H,15H2,1-3H3/t19-,20+/m0/s1. The molecule has 1 fully saturated rings. The Balaban J connectivity index is 1.87. The van der Waals surface area contributed by atoms with Crippen molar-refractivity contribution in [3.8, 4) is 11.8 Å². The van der Waals surface area contributed by atoms with Gasteiger partial charge in [0, 0.05) is 11.5 Å². The Labute approximate surface area is 138 Å². The van der Waals surface area contributed by atoms with E-state index in [2.05, 4.69) is 43.0 Å². The monoisotopic (exact) mass is 306 g/mol. The molecule has 0 aliphatic carbocycles. The van der Waals surface area contributed by atoms with E-state index in [0.29, 0.717) is 6.61 Å². The molecule has 3 rings (SSSR count). The minimum atomic E-state index is -0.599. The highest BCUT2D eigenvalue weighted by atomic mass is 16.7. The molecule has 0 saturated carbocycles. The normalized spacial score (nSPS) is 22.9. The summed E-state index contributed by atoms with van der Waals surface area (Å²) in [4.78, 5) is 0. The van der Waals surface area contributed by atoms with Gasteiger partial charge in [-0.1, -0.05) is 59.9 Å². The Bertz CT molecular complexity index is 705. The molecule has 2 heteroatoms. The number of hydrogen-bond donors (Lipinski definition) is 0. The predicted octanol–water partition coefficient (Wildman–Crippen LogP) is 4.28. The highest BCUT2D eigenvalue weighted by Crippen LogP contribution is 2.32. The summed E-state index contributed by atoms with van der Waals surface area (Å²) in [5.74, 6) is 6.09. The fourth-order valence-electron chi connectivity index (χ4n) is 2.69. The average Bonchev–Trinajstić information content (AvgIpc) is 2.54. The van der Waals surface area contributed by atoms with Gasteiger partial charge in [0.15, 0.2) is 5.79 Å². The van der Waals surface area contributed by atoms with Crippen molar-refractivity contribution in [2.45, 2.75) is 38.6 Å².